The fraction of sp³-hybridized carbons (Fsp3) is 0.462. The second-order valence-corrected chi connectivity index (χ2v) is 3.69. The van der Waals surface area contributed by atoms with E-state index in [-0.39, 0.29) is 25.7 Å². The summed E-state index contributed by atoms with van der Waals surface area (Å²) in [6, 6.07) is 9.46. The highest BCUT2D eigenvalue weighted by Gasteiger charge is 2.06. The molecule has 0 aliphatic rings. The van der Waals surface area contributed by atoms with Gasteiger partial charge in [0.15, 0.2) is 6.29 Å². The van der Waals surface area contributed by atoms with Crippen molar-refractivity contribution in [1.29, 1.82) is 0 Å². The van der Waals surface area contributed by atoms with E-state index in [0.717, 1.165) is 5.56 Å². The average molecular weight is 253 g/mol. The largest absolute Gasteiger partial charge is 0.460 e. The molecule has 0 aliphatic heterocycles. The zero-order chi connectivity index (χ0) is 13.2. The Hall–Kier alpha value is -1.43. The number of aliphatic hydroxyl groups excluding tert-OH is 1. The average Bonchev–Trinajstić information content (AvgIpc) is 2.38. The Morgan fingerprint density at radius 1 is 1.39 bits per heavy atom. The van der Waals surface area contributed by atoms with Crippen molar-refractivity contribution in [3.05, 3.63) is 35.9 Å². The number of benzene rings is 1. The van der Waals surface area contributed by atoms with Gasteiger partial charge in [-0.25, -0.2) is 0 Å². The summed E-state index contributed by atoms with van der Waals surface area (Å²) in [4.78, 5) is 11.3. The summed E-state index contributed by atoms with van der Waals surface area (Å²) in [6.07, 6.45) is -0.892. The van der Waals surface area contributed by atoms with Crippen LogP contribution in [0, 0.1) is 0 Å². The maximum Gasteiger partial charge on any atom is 0.320 e. The zero-order valence-corrected chi connectivity index (χ0v) is 10.5. The lowest BCUT2D eigenvalue weighted by molar-refractivity contribution is -0.144. The van der Waals surface area contributed by atoms with Crippen molar-refractivity contribution < 1.29 is 19.4 Å². The Kier molecular flexibility index (Phi) is 7.01. The van der Waals surface area contributed by atoms with Gasteiger partial charge in [0.05, 0.1) is 6.54 Å². The van der Waals surface area contributed by atoms with E-state index in [0.29, 0.717) is 6.61 Å². The molecule has 0 fully saturated rings. The van der Waals surface area contributed by atoms with Crippen LogP contribution in [0.1, 0.15) is 12.5 Å². The molecule has 5 nitrogen and oxygen atoms in total. The molecule has 0 bridgehead atoms. The first-order chi connectivity index (χ1) is 8.72. The van der Waals surface area contributed by atoms with Crippen LogP contribution in [-0.4, -0.2) is 37.1 Å². The van der Waals surface area contributed by atoms with Crippen molar-refractivity contribution in [2.45, 2.75) is 19.8 Å². The number of ether oxygens (including phenoxy) is 2. The third kappa shape index (κ3) is 6.34. The first kappa shape index (κ1) is 14.6. The smallest absolute Gasteiger partial charge is 0.320 e. The van der Waals surface area contributed by atoms with Crippen LogP contribution in [0.5, 0.6) is 0 Å². The second-order valence-electron chi connectivity index (χ2n) is 3.69. The molecule has 0 heterocycles. The van der Waals surface area contributed by atoms with E-state index >= 15 is 0 Å². The molecule has 0 saturated heterocycles. The van der Waals surface area contributed by atoms with Gasteiger partial charge in [0.25, 0.3) is 0 Å². The van der Waals surface area contributed by atoms with E-state index in [9.17, 15) is 9.90 Å². The third-order valence-corrected chi connectivity index (χ3v) is 2.19. The maximum atomic E-state index is 11.3. The van der Waals surface area contributed by atoms with Gasteiger partial charge >= 0.3 is 5.97 Å². The van der Waals surface area contributed by atoms with Gasteiger partial charge in [-0.2, -0.15) is 0 Å². The van der Waals surface area contributed by atoms with Gasteiger partial charge in [0, 0.05) is 13.2 Å². The van der Waals surface area contributed by atoms with Crippen LogP contribution in [0.15, 0.2) is 30.3 Å². The number of hydrogen-bond acceptors (Lipinski definition) is 5. The highest BCUT2D eigenvalue weighted by molar-refractivity contribution is 5.71. The standard InChI is InChI=1S/C13H19NO4/c1-2-17-12(15)8-14-9-13(16)18-10-11-6-4-3-5-7-11/h3-7,12,14-15H,2,8-10H2,1H3. The molecule has 1 atom stereocenters. The summed E-state index contributed by atoms with van der Waals surface area (Å²) < 4.78 is 9.94. The van der Waals surface area contributed by atoms with Gasteiger partial charge in [-0.3, -0.25) is 4.79 Å². The summed E-state index contributed by atoms with van der Waals surface area (Å²) in [5.74, 6) is -0.359. The van der Waals surface area contributed by atoms with Crippen LogP contribution in [0.2, 0.25) is 0 Å². The summed E-state index contributed by atoms with van der Waals surface area (Å²) >= 11 is 0. The molecule has 1 aromatic carbocycles. The Labute approximate surface area is 107 Å². The number of hydrogen-bond donors (Lipinski definition) is 2. The molecule has 100 valence electrons. The minimum Gasteiger partial charge on any atom is -0.460 e. The molecule has 5 heteroatoms. The van der Waals surface area contributed by atoms with Gasteiger partial charge in [-0.1, -0.05) is 30.3 Å². The molecule has 1 rings (SSSR count). The fourth-order valence-electron chi connectivity index (χ4n) is 1.34. The third-order valence-electron chi connectivity index (χ3n) is 2.19. The molecule has 2 N–H and O–H groups in total. The number of carbonyl (C=O) groups is 1. The molecule has 0 aromatic heterocycles. The lowest BCUT2D eigenvalue weighted by atomic mass is 10.2. The number of nitrogens with one attached hydrogen (secondary N) is 1. The van der Waals surface area contributed by atoms with Gasteiger partial charge < -0.3 is 19.9 Å². The summed E-state index contributed by atoms with van der Waals surface area (Å²) in [5, 5.41) is 12.0. The fourth-order valence-corrected chi connectivity index (χ4v) is 1.34. The molecule has 0 spiro atoms. The lowest BCUT2D eigenvalue weighted by Crippen LogP contribution is -2.33. The predicted octanol–water partition coefficient (Wildman–Crippen LogP) is 0.674. The van der Waals surface area contributed by atoms with Gasteiger partial charge in [0.2, 0.25) is 0 Å². The minimum atomic E-state index is -0.892. The predicted molar refractivity (Wildman–Crippen MR) is 66.7 cm³/mol. The van der Waals surface area contributed by atoms with Crippen molar-refractivity contribution in [2.24, 2.45) is 0 Å². The van der Waals surface area contributed by atoms with Gasteiger partial charge in [-0.15, -0.1) is 0 Å². The first-order valence-electron chi connectivity index (χ1n) is 5.92. The first-order valence-corrected chi connectivity index (χ1v) is 5.92. The van der Waals surface area contributed by atoms with Crippen molar-refractivity contribution in [3.63, 3.8) is 0 Å². The molecular formula is C13H19NO4. The van der Waals surface area contributed by atoms with Crippen molar-refractivity contribution in [2.75, 3.05) is 19.7 Å². The van der Waals surface area contributed by atoms with E-state index in [4.69, 9.17) is 9.47 Å². The van der Waals surface area contributed by atoms with Crippen molar-refractivity contribution in [1.82, 2.24) is 5.32 Å². The highest BCUT2D eigenvalue weighted by Crippen LogP contribution is 2.00. The van der Waals surface area contributed by atoms with Crippen molar-refractivity contribution in [3.8, 4) is 0 Å². The van der Waals surface area contributed by atoms with E-state index in [1.54, 1.807) is 6.92 Å². The van der Waals surface area contributed by atoms with E-state index in [1.165, 1.54) is 0 Å². The Morgan fingerprint density at radius 2 is 2.11 bits per heavy atom. The lowest BCUT2D eigenvalue weighted by Gasteiger charge is -2.11. The normalized spacial score (nSPS) is 12.1. The number of esters is 1. The Bertz CT molecular complexity index is 342. The molecule has 0 saturated carbocycles. The van der Waals surface area contributed by atoms with Crippen LogP contribution < -0.4 is 5.32 Å². The Morgan fingerprint density at radius 3 is 2.78 bits per heavy atom. The van der Waals surface area contributed by atoms with Crippen LogP contribution in [0.4, 0.5) is 0 Å². The van der Waals surface area contributed by atoms with E-state index < -0.39 is 6.29 Å². The van der Waals surface area contributed by atoms with Crippen LogP contribution in [0.3, 0.4) is 0 Å². The van der Waals surface area contributed by atoms with Crippen LogP contribution >= 0.6 is 0 Å². The van der Waals surface area contributed by atoms with Crippen molar-refractivity contribution >= 4 is 5.97 Å². The second kappa shape index (κ2) is 8.63. The topological polar surface area (TPSA) is 67.8 Å². The zero-order valence-electron chi connectivity index (χ0n) is 10.5. The molecule has 0 amide bonds. The molecule has 1 unspecified atom stereocenters. The number of carbonyl (C=O) groups excluding carboxylic acids is 1. The Balaban J connectivity index is 2.11. The molecular weight excluding hydrogens is 234 g/mol. The minimum absolute atomic E-state index is 0.0525. The summed E-state index contributed by atoms with van der Waals surface area (Å²) in [6.45, 7) is 2.74. The molecule has 1 aromatic rings. The summed E-state index contributed by atoms with van der Waals surface area (Å²) in [7, 11) is 0. The number of aliphatic hydroxyl groups is 1. The monoisotopic (exact) mass is 253 g/mol. The van der Waals surface area contributed by atoms with Crippen LogP contribution in [-0.2, 0) is 20.9 Å². The van der Waals surface area contributed by atoms with Crippen LogP contribution in [0.25, 0.3) is 0 Å². The molecule has 0 aliphatic carbocycles. The SMILES string of the molecule is CCOC(O)CNCC(=O)OCc1ccccc1. The summed E-state index contributed by atoms with van der Waals surface area (Å²) in [5.41, 5.74) is 0.945. The van der Waals surface area contributed by atoms with Gasteiger partial charge in [-0.05, 0) is 12.5 Å². The quantitative estimate of drug-likeness (QED) is 0.526. The van der Waals surface area contributed by atoms with Gasteiger partial charge in [0.1, 0.15) is 6.61 Å². The molecule has 0 radical (unpaired) electrons. The molecule has 18 heavy (non-hydrogen) atoms. The maximum absolute atomic E-state index is 11.3. The van der Waals surface area contributed by atoms with E-state index in [1.807, 2.05) is 30.3 Å². The number of rotatable bonds is 8. The van der Waals surface area contributed by atoms with E-state index in [2.05, 4.69) is 5.32 Å². The highest BCUT2D eigenvalue weighted by atomic mass is 16.6.